The van der Waals surface area contributed by atoms with E-state index in [1.165, 1.54) is 0 Å². The Morgan fingerprint density at radius 1 is 1.24 bits per heavy atom. The monoisotopic (exact) mass is 339 g/mol. The van der Waals surface area contributed by atoms with Gasteiger partial charge in [0.25, 0.3) is 0 Å². The molecule has 3 aromatic rings. The highest BCUT2D eigenvalue weighted by Gasteiger charge is 2.23. The maximum atomic E-state index is 12.9. The summed E-state index contributed by atoms with van der Waals surface area (Å²) in [5, 5.41) is 3.07. The van der Waals surface area contributed by atoms with Crippen LogP contribution in [0.3, 0.4) is 0 Å². The minimum atomic E-state index is -0.264. The number of nitrogens with one attached hydrogen (secondary N) is 1. The van der Waals surface area contributed by atoms with Crippen molar-refractivity contribution in [1.82, 2.24) is 24.4 Å². The van der Waals surface area contributed by atoms with Crippen molar-refractivity contribution in [2.24, 2.45) is 0 Å². The maximum absolute atomic E-state index is 12.9. The average molecular weight is 339 g/mol. The van der Waals surface area contributed by atoms with Gasteiger partial charge in [-0.05, 0) is 25.5 Å². The molecule has 0 radical (unpaired) electrons. The van der Waals surface area contributed by atoms with E-state index in [9.17, 15) is 4.79 Å². The number of nitrogens with zero attached hydrogens (tertiary/aromatic N) is 4. The van der Waals surface area contributed by atoms with Gasteiger partial charge in [0.15, 0.2) is 0 Å². The number of imidazole rings is 2. The van der Waals surface area contributed by atoms with Crippen LogP contribution >= 0.6 is 0 Å². The second kappa shape index (κ2) is 7.51. The number of amides is 1. The molecule has 0 saturated heterocycles. The molecule has 1 N–H and O–H groups in total. The Kier molecular flexibility index (Phi) is 5.16. The van der Waals surface area contributed by atoms with Crippen molar-refractivity contribution in [3.63, 3.8) is 0 Å². The van der Waals surface area contributed by atoms with Gasteiger partial charge in [0.2, 0.25) is 5.91 Å². The smallest absolute Gasteiger partial charge is 0.243 e. The molecule has 1 aromatic carbocycles. The van der Waals surface area contributed by atoms with Gasteiger partial charge in [-0.3, -0.25) is 4.79 Å². The highest BCUT2D eigenvalue weighted by atomic mass is 16.2. The number of para-hydroxylation sites is 2. The number of carbonyl (C=O) groups is 1. The summed E-state index contributed by atoms with van der Waals surface area (Å²) in [6.07, 6.45) is 5.10. The van der Waals surface area contributed by atoms with E-state index >= 15 is 0 Å². The van der Waals surface area contributed by atoms with Crippen molar-refractivity contribution in [3.8, 4) is 0 Å². The molecule has 2 aromatic heterocycles. The van der Waals surface area contributed by atoms with Gasteiger partial charge in [-0.25, -0.2) is 9.97 Å². The average Bonchev–Trinajstić information content (AvgIpc) is 3.24. The molecule has 0 aliphatic heterocycles. The first-order chi connectivity index (χ1) is 12.2. The minimum absolute atomic E-state index is 0.0178. The highest BCUT2D eigenvalue weighted by Crippen LogP contribution is 2.24. The van der Waals surface area contributed by atoms with Crippen LogP contribution in [0.5, 0.6) is 0 Å². The topological polar surface area (TPSA) is 64.7 Å². The molecule has 0 aliphatic rings. The molecule has 3 rings (SSSR count). The second-order valence-electron chi connectivity index (χ2n) is 6.05. The summed E-state index contributed by atoms with van der Waals surface area (Å²) in [4.78, 5) is 21.7. The van der Waals surface area contributed by atoms with Crippen molar-refractivity contribution in [2.45, 2.75) is 52.7 Å². The fourth-order valence-corrected chi connectivity index (χ4v) is 3.25. The third kappa shape index (κ3) is 3.29. The van der Waals surface area contributed by atoms with E-state index in [4.69, 9.17) is 0 Å². The Bertz CT molecular complexity index is 864. The molecule has 0 unspecified atom stereocenters. The fourth-order valence-electron chi connectivity index (χ4n) is 3.25. The predicted octanol–water partition coefficient (Wildman–Crippen LogP) is 3.08. The fraction of sp³-hybridized carbons (Fsp3) is 0.421. The van der Waals surface area contributed by atoms with Gasteiger partial charge in [0.1, 0.15) is 11.9 Å². The number of hydrogen-bond acceptors (Lipinski definition) is 3. The Morgan fingerprint density at radius 2 is 2.04 bits per heavy atom. The first-order valence-electron chi connectivity index (χ1n) is 8.92. The van der Waals surface area contributed by atoms with E-state index in [1.807, 2.05) is 35.8 Å². The Labute approximate surface area is 147 Å². The van der Waals surface area contributed by atoms with Gasteiger partial charge in [-0.2, -0.15) is 0 Å². The molecule has 0 spiro atoms. The van der Waals surface area contributed by atoms with Crippen molar-refractivity contribution in [1.29, 1.82) is 0 Å². The molecule has 0 fully saturated rings. The van der Waals surface area contributed by atoms with Crippen LogP contribution in [-0.2, 0) is 24.3 Å². The van der Waals surface area contributed by atoms with E-state index in [1.54, 1.807) is 12.5 Å². The number of benzene rings is 1. The van der Waals surface area contributed by atoms with Crippen LogP contribution in [0.1, 0.15) is 44.8 Å². The molecule has 6 heteroatoms. The highest BCUT2D eigenvalue weighted by molar-refractivity contribution is 5.84. The number of hydrogen-bond donors (Lipinski definition) is 1. The summed E-state index contributed by atoms with van der Waals surface area (Å²) in [6.45, 7) is 7.50. The molecular formula is C19H25N5O. The van der Waals surface area contributed by atoms with Crippen LogP contribution in [0.15, 0.2) is 36.8 Å². The lowest BCUT2D eigenvalue weighted by Crippen LogP contribution is -2.33. The van der Waals surface area contributed by atoms with Crippen molar-refractivity contribution < 1.29 is 4.79 Å². The predicted molar refractivity (Wildman–Crippen MR) is 98.2 cm³/mol. The van der Waals surface area contributed by atoms with Crippen LogP contribution in [0.2, 0.25) is 0 Å². The summed E-state index contributed by atoms with van der Waals surface area (Å²) in [5.41, 5.74) is 2.96. The first kappa shape index (κ1) is 17.2. The number of aryl methyl sites for hydroxylation is 2. The van der Waals surface area contributed by atoms with Gasteiger partial charge < -0.3 is 14.5 Å². The van der Waals surface area contributed by atoms with E-state index < -0.39 is 0 Å². The standard InChI is InChI=1S/C19H25N5O/c1-4-16(19(25)21-12-14-11-20-13-23(14)6-3)24-17-10-8-7-9-15(17)22-18(24)5-2/h7-11,13,16H,4-6,12H2,1-3H3,(H,21,25)/t16-/m0/s1. The number of carbonyl (C=O) groups excluding carboxylic acids is 1. The lowest BCUT2D eigenvalue weighted by molar-refractivity contribution is -0.124. The number of aromatic nitrogens is 4. The van der Waals surface area contributed by atoms with Crippen molar-refractivity contribution >= 4 is 16.9 Å². The molecular weight excluding hydrogens is 314 g/mol. The van der Waals surface area contributed by atoms with Gasteiger partial charge >= 0.3 is 0 Å². The van der Waals surface area contributed by atoms with Crippen molar-refractivity contribution in [2.75, 3.05) is 0 Å². The second-order valence-corrected chi connectivity index (χ2v) is 6.05. The largest absolute Gasteiger partial charge is 0.349 e. The zero-order valence-corrected chi connectivity index (χ0v) is 15.1. The molecule has 1 atom stereocenters. The Morgan fingerprint density at radius 3 is 2.76 bits per heavy atom. The van der Waals surface area contributed by atoms with Gasteiger partial charge in [-0.15, -0.1) is 0 Å². The zero-order valence-electron chi connectivity index (χ0n) is 15.1. The molecule has 0 aliphatic carbocycles. The Balaban J connectivity index is 1.86. The van der Waals surface area contributed by atoms with E-state index in [0.717, 1.165) is 35.5 Å². The zero-order chi connectivity index (χ0) is 17.8. The van der Waals surface area contributed by atoms with Crippen LogP contribution in [0, 0.1) is 0 Å². The summed E-state index contributed by atoms with van der Waals surface area (Å²) < 4.78 is 4.12. The van der Waals surface area contributed by atoms with E-state index in [-0.39, 0.29) is 11.9 Å². The molecule has 2 heterocycles. The minimum Gasteiger partial charge on any atom is -0.349 e. The quantitative estimate of drug-likeness (QED) is 0.719. The molecule has 0 saturated carbocycles. The lowest BCUT2D eigenvalue weighted by atomic mass is 10.2. The third-order valence-electron chi connectivity index (χ3n) is 4.57. The molecule has 6 nitrogen and oxygen atoms in total. The molecule has 1 amide bonds. The normalized spacial score (nSPS) is 12.4. The Hall–Kier alpha value is -2.63. The van der Waals surface area contributed by atoms with Gasteiger partial charge in [0, 0.05) is 19.2 Å². The SMILES string of the molecule is CCc1nc2ccccc2n1[C@@H](CC)C(=O)NCc1cncn1CC. The van der Waals surface area contributed by atoms with E-state index in [2.05, 4.69) is 33.7 Å². The molecule has 0 bridgehead atoms. The van der Waals surface area contributed by atoms with Crippen LogP contribution in [0.25, 0.3) is 11.0 Å². The van der Waals surface area contributed by atoms with Crippen LogP contribution in [0.4, 0.5) is 0 Å². The van der Waals surface area contributed by atoms with Gasteiger partial charge in [0.05, 0.1) is 29.6 Å². The summed E-state index contributed by atoms with van der Waals surface area (Å²) in [7, 11) is 0. The number of fused-ring (bicyclic) bond motifs is 1. The lowest BCUT2D eigenvalue weighted by Gasteiger charge is -2.20. The third-order valence-corrected chi connectivity index (χ3v) is 4.57. The van der Waals surface area contributed by atoms with Gasteiger partial charge in [-0.1, -0.05) is 26.0 Å². The molecule has 25 heavy (non-hydrogen) atoms. The maximum Gasteiger partial charge on any atom is 0.243 e. The van der Waals surface area contributed by atoms with Crippen LogP contribution < -0.4 is 5.32 Å². The summed E-state index contributed by atoms with van der Waals surface area (Å²) >= 11 is 0. The summed E-state index contributed by atoms with van der Waals surface area (Å²) in [5.74, 6) is 0.964. The summed E-state index contributed by atoms with van der Waals surface area (Å²) in [6, 6.07) is 7.73. The first-order valence-corrected chi connectivity index (χ1v) is 8.92. The van der Waals surface area contributed by atoms with E-state index in [0.29, 0.717) is 13.0 Å². The van der Waals surface area contributed by atoms with Crippen LogP contribution in [-0.4, -0.2) is 25.0 Å². The molecule has 132 valence electrons. The van der Waals surface area contributed by atoms with Crippen molar-refractivity contribution in [3.05, 3.63) is 48.3 Å². The number of rotatable bonds is 7.